The van der Waals surface area contributed by atoms with Crippen LogP contribution >= 0.6 is 11.3 Å². The molecule has 66 valence electrons. The van der Waals surface area contributed by atoms with Crippen LogP contribution in [0.2, 0.25) is 0 Å². The monoisotopic (exact) mass is 193 g/mol. The van der Waals surface area contributed by atoms with Crippen LogP contribution in [0, 0.1) is 0 Å². The third-order valence-corrected chi connectivity index (χ3v) is 2.61. The van der Waals surface area contributed by atoms with Crippen molar-refractivity contribution in [3.05, 3.63) is 23.1 Å². The summed E-state index contributed by atoms with van der Waals surface area (Å²) in [5.74, 6) is 0.249. The molecule has 0 aliphatic heterocycles. The van der Waals surface area contributed by atoms with Gasteiger partial charge in [-0.2, -0.15) is 5.10 Å². The Hall–Kier alpha value is -1.62. The van der Waals surface area contributed by atoms with Crippen LogP contribution in [-0.4, -0.2) is 16.5 Å². The zero-order valence-electron chi connectivity index (χ0n) is 6.65. The van der Waals surface area contributed by atoms with E-state index in [1.165, 1.54) is 11.3 Å². The smallest absolute Gasteiger partial charge is 0.156 e. The second-order valence-corrected chi connectivity index (χ2v) is 3.44. The quantitative estimate of drug-likeness (QED) is 0.710. The molecule has 0 aliphatic rings. The molecule has 0 bridgehead atoms. The number of anilines is 1. The number of carbonyl (C=O) groups is 1. The van der Waals surface area contributed by atoms with E-state index >= 15 is 0 Å². The molecule has 0 unspecified atom stereocenters. The predicted molar refractivity (Wildman–Crippen MR) is 51.7 cm³/mol. The fourth-order valence-corrected chi connectivity index (χ4v) is 1.83. The third kappa shape index (κ3) is 1.23. The molecule has 0 amide bonds. The first kappa shape index (κ1) is 8.00. The van der Waals surface area contributed by atoms with E-state index < -0.39 is 0 Å². The number of hydrogen-bond acceptors (Lipinski definition) is 4. The number of aromatic nitrogens is 2. The Kier molecular flexibility index (Phi) is 1.86. The number of hydrogen-bond donors (Lipinski definition) is 2. The Morgan fingerprint density at radius 1 is 1.62 bits per heavy atom. The number of nitrogens with zero attached hydrogens (tertiary/aromatic N) is 1. The fraction of sp³-hybridized carbons (Fsp3) is 0. The Morgan fingerprint density at radius 3 is 3.08 bits per heavy atom. The van der Waals surface area contributed by atoms with Crippen molar-refractivity contribution in [2.45, 2.75) is 0 Å². The highest BCUT2D eigenvalue weighted by molar-refractivity contribution is 7.13. The van der Waals surface area contributed by atoms with Crippen molar-refractivity contribution >= 4 is 23.4 Å². The second kappa shape index (κ2) is 3.02. The molecule has 2 heterocycles. The largest absolute Gasteiger partial charge is 0.382 e. The summed E-state index contributed by atoms with van der Waals surface area (Å²) in [6.07, 6.45) is 0.716. The van der Waals surface area contributed by atoms with Gasteiger partial charge < -0.3 is 5.73 Å². The summed E-state index contributed by atoms with van der Waals surface area (Å²) in [5.41, 5.74) is 6.62. The van der Waals surface area contributed by atoms with Crippen molar-refractivity contribution in [2.75, 3.05) is 5.73 Å². The van der Waals surface area contributed by atoms with E-state index in [0.717, 1.165) is 4.88 Å². The highest BCUT2D eigenvalue weighted by Gasteiger charge is 2.11. The van der Waals surface area contributed by atoms with Crippen LogP contribution in [-0.2, 0) is 0 Å². The first-order valence-electron chi connectivity index (χ1n) is 3.66. The van der Waals surface area contributed by atoms with Gasteiger partial charge in [-0.05, 0) is 11.4 Å². The molecule has 0 saturated heterocycles. The summed E-state index contributed by atoms with van der Waals surface area (Å²) in [6, 6.07) is 3.82. The average molecular weight is 193 g/mol. The Bertz CT molecular complexity index is 419. The van der Waals surface area contributed by atoms with E-state index in [0.29, 0.717) is 17.5 Å². The van der Waals surface area contributed by atoms with E-state index in [-0.39, 0.29) is 5.82 Å². The highest BCUT2D eigenvalue weighted by Crippen LogP contribution is 2.27. The Morgan fingerprint density at radius 2 is 2.46 bits per heavy atom. The fourth-order valence-electron chi connectivity index (χ4n) is 1.09. The number of nitrogens with two attached hydrogens (primary N) is 1. The first-order valence-corrected chi connectivity index (χ1v) is 4.54. The van der Waals surface area contributed by atoms with Gasteiger partial charge in [0.1, 0.15) is 0 Å². The summed E-state index contributed by atoms with van der Waals surface area (Å²) in [5, 5.41) is 8.43. The maximum absolute atomic E-state index is 10.7. The van der Waals surface area contributed by atoms with Crippen LogP contribution in [0.4, 0.5) is 5.82 Å². The van der Waals surface area contributed by atoms with Gasteiger partial charge in [0.05, 0.1) is 16.1 Å². The van der Waals surface area contributed by atoms with Crippen molar-refractivity contribution in [1.29, 1.82) is 0 Å². The molecular weight excluding hydrogens is 186 g/mol. The standard InChI is InChI=1S/C8H7N3OS/c9-8-5(4-12)7(10-11-8)6-2-1-3-13-6/h1-4H,(H3,9,10,11). The number of nitrogen functional groups attached to an aromatic ring is 1. The second-order valence-electron chi connectivity index (χ2n) is 2.49. The summed E-state index contributed by atoms with van der Waals surface area (Å²) < 4.78 is 0. The lowest BCUT2D eigenvalue weighted by molar-refractivity contribution is 0.112. The number of H-pyrrole nitrogens is 1. The van der Waals surface area contributed by atoms with Gasteiger partial charge in [0.15, 0.2) is 12.1 Å². The molecular formula is C8H7N3OS. The van der Waals surface area contributed by atoms with Crippen LogP contribution in [0.3, 0.4) is 0 Å². The zero-order valence-corrected chi connectivity index (χ0v) is 7.47. The van der Waals surface area contributed by atoms with Crippen molar-refractivity contribution in [3.8, 4) is 10.6 Å². The van der Waals surface area contributed by atoms with Gasteiger partial charge >= 0.3 is 0 Å². The molecule has 2 rings (SSSR count). The van der Waals surface area contributed by atoms with E-state index in [2.05, 4.69) is 10.2 Å². The summed E-state index contributed by atoms with van der Waals surface area (Å²) in [6.45, 7) is 0. The molecule has 2 aromatic rings. The lowest BCUT2D eigenvalue weighted by Crippen LogP contribution is -1.89. The predicted octanol–water partition coefficient (Wildman–Crippen LogP) is 1.53. The van der Waals surface area contributed by atoms with Crippen molar-refractivity contribution < 1.29 is 4.79 Å². The van der Waals surface area contributed by atoms with Crippen molar-refractivity contribution in [1.82, 2.24) is 10.2 Å². The molecule has 0 fully saturated rings. The average Bonchev–Trinajstić information content (AvgIpc) is 2.71. The minimum Gasteiger partial charge on any atom is -0.382 e. The topological polar surface area (TPSA) is 71.8 Å². The summed E-state index contributed by atoms with van der Waals surface area (Å²) in [4.78, 5) is 11.6. The van der Waals surface area contributed by atoms with Gasteiger partial charge in [0.25, 0.3) is 0 Å². The number of rotatable bonds is 2. The number of aldehydes is 1. The van der Waals surface area contributed by atoms with Crippen LogP contribution in [0.25, 0.3) is 10.6 Å². The maximum atomic E-state index is 10.7. The minimum atomic E-state index is 0.249. The first-order chi connectivity index (χ1) is 6.33. The molecule has 0 saturated carbocycles. The molecule has 0 aliphatic carbocycles. The molecule has 0 aromatic carbocycles. The van der Waals surface area contributed by atoms with E-state index in [1.807, 2.05) is 17.5 Å². The molecule has 0 spiro atoms. The summed E-state index contributed by atoms with van der Waals surface area (Å²) in [7, 11) is 0. The van der Waals surface area contributed by atoms with Gasteiger partial charge in [-0.15, -0.1) is 11.3 Å². The van der Waals surface area contributed by atoms with Crippen LogP contribution in [0.15, 0.2) is 17.5 Å². The molecule has 0 radical (unpaired) electrons. The number of aromatic amines is 1. The van der Waals surface area contributed by atoms with Gasteiger partial charge in [-0.3, -0.25) is 9.89 Å². The van der Waals surface area contributed by atoms with Crippen LogP contribution < -0.4 is 5.73 Å². The highest BCUT2D eigenvalue weighted by atomic mass is 32.1. The Balaban J connectivity index is 2.58. The van der Waals surface area contributed by atoms with Gasteiger partial charge in [-0.25, -0.2) is 0 Å². The molecule has 3 N–H and O–H groups in total. The normalized spacial score (nSPS) is 10.2. The lowest BCUT2D eigenvalue weighted by atomic mass is 10.2. The zero-order chi connectivity index (χ0) is 9.26. The molecule has 0 atom stereocenters. The number of carbonyl (C=O) groups excluding carboxylic acids is 1. The van der Waals surface area contributed by atoms with E-state index in [9.17, 15) is 4.79 Å². The molecule has 5 heteroatoms. The van der Waals surface area contributed by atoms with Crippen molar-refractivity contribution in [3.63, 3.8) is 0 Å². The van der Waals surface area contributed by atoms with E-state index in [4.69, 9.17) is 5.73 Å². The lowest BCUT2D eigenvalue weighted by Gasteiger charge is -1.91. The van der Waals surface area contributed by atoms with Crippen LogP contribution in [0.5, 0.6) is 0 Å². The van der Waals surface area contributed by atoms with Gasteiger partial charge in [0.2, 0.25) is 0 Å². The van der Waals surface area contributed by atoms with Gasteiger partial charge in [-0.1, -0.05) is 6.07 Å². The molecule has 2 aromatic heterocycles. The number of nitrogens with one attached hydrogen (secondary N) is 1. The minimum absolute atomic E-state index is 0.249. The maximum Gasteiger partial charge on any atom is 0.156 e. The SMILES string of the molecule is Nc1n[nH]c(-c2cccs2)c1C=O. The molecule has 13 heavy (non-hydrogen) atoms. The molecule has 4 nitrogen and oxygen atoms in total. The summed E-state index contributed by atoms with van der Waals surface area (Å²) >= 11 is 1.53. The third-order valence-electron chi connectivity index (χ3n) is 1.72. The van der Waals surface area contributed by atoms with Crippen molar-refractivity contribution in [2.24, 2.45) is 0 Å². The Labute approximate surface area is 78.4 Å². The van der Waals surface area contributed by atoms with Crippen LogP contribution in [0.1, 0.15) is 10.4 Å². The van der Waals surface area contributed by atoms with E-state index in [1.54, 1.807) is 0 Å². The van der Waals surface area contributed by atoms with Gasteiger partial charge in [0, 0.05) is 0 Å². The number of thiophene rings is 1.